The molecule has 0 aromatic carbocycles. The lowest BCUT2D eigenvalue weighted by molar-refractivity contribution is 0.0589. The Morgan fingerprint density at radius 2 is 2.28 bits per heavy atom. The number of nitrogens with zero attached hydrogens (tertiary/aromatic N) is 2. The molecule has 2 unspecified atom stereocenters. The summed E-state index contributed by atoms with van der Waals surface area (Å²) in [4.78, 5) is 18.4. The summed E-state index contributed by atoms with van der Waals surface area (Å²) in [5, 5.41) is 0. The maximum atomic E-state index is 12.5. The third-order valence-corrected chi connectivity index (χ3v) is 3.95. The van der Waals surface area contributed by atoms with Crippen LogP contribution in [0.15, 0.2) is 16.7 Å². The van der Waals surface area contributed by atoms with E-state index in [2.05, 4.69) is 34.8 Å². The number of rotatable bonds is 1. The number of hydrogen-bond donors (Lipinski definition) is 1. The second-order valence-corrected chi connectivity index (χ2v) is 5.98. The summed E-state index contributed by atoms with van der Waals surface area (Å²) in [6, 6.07) is 2.01. The van der Waals surface area contributed by atoms with Crippen LogP contribution < -0.4 is 5.73 Å². The van der Waals surface area contributed by atoms with Crippen LogP contribution in [0.5, 0.6) is 0 Å². The van der Waals surface area contributed by atoms with E-state index in [9.17, 15) is 4.79 Å². The predicted octanol–water partition coefficient (Wildman–Crippen LogP) is 2.69. The Hall–Kier alpha value is -1.10. The fraction of sp³-hybridized carbons (Fsp3) is 0.538. The quantitative estimate of drug-likeness (QED) is 0.867. The lowest BCUT2D eigenvalue weighted by Crippen LogP contribution is -2.44. The molecule has 4 nitrogen and oxygen atoms in total. The van der Waals surface area contributed by atoms with Crippen LogP contribution in [0.3, 0.4) is 0 Å². The minimum absolute atomic E-state index is 0.0132. The number of carbonyl (C=O) groups excluding carboxylic acids is 1. The summed E-state index contributed by atoms with van der Waals surface area (Å²) in [5.74, 6) is 0.969. The van der Waals surface area contributed by atoms with Gasteiger partial charge in [0.15, 0.2) is 0 Å². The number of anilines is 1. The van der Waals surface area contributed by atoms with Crippen LogP contribution in [0, 0.1) is 5.92 Å². The van der Waals surface area contributed by atoms with Crippen molar-refractivity contribution in [1.82, 2.24) is 9.88 Å². The molecule has 0 spiro atoms. The molecule has 2 rings (SSSR count). The molecule has 0 radical (unpaired) electrons. The molecular weight excluding hydrogens is 294 g/mol. The average molecular weight is 312 g/mol. The average Bonchev–Trinajstić information content (AvgIpc) is 2.31. The van der Waals surface area contributed by atoms with Gasteiger partial charge in [-0.25, -0.2) is 4.98 Å². The molecule has 98 valence electrons. The van der Waals surface area contributed by atoms with Crippen LogP contribution in [0.4, 0.5) is 5.82 Å². The molecule has 0 aliphatic carbocycles. The van der Waals surface area contributed by atoms with Crippen LogP contribution in [0.1, 0.15) is 37.0 Å². The van der Waals surface area contributed by atoms with Crippen molar-refractivity contribution in [1.29, 1.82) is 0 Å². The van der Waals surface area contributed by atoms with Crippen molar-refractivity contribution in [2.24, 2.45) is 5.92 Å². The number of piperidine rings is 1. The Kier molecular flexibility index (Phi) is 3.90. The monoisotopic (exact) mass is 311 g/mol. The smallest absolute Gasteiger partial charge is 0.257 e. The van der Waals surface area contributed by atoms with Gasteiger partial charge < -0.3 is 10.6 Å². The van der Waals surface area contributed by atoms with Gasteiger partial charge in [0.2, 0.25) is 0 Å². The number of aromatic nitrogens is 1. The molecule has 2 atom stereocenters. The van der Waals surface area contributed by atoms with E-state index in [4.69, 9.17) is 5.73 Å². The largest absolute Gasteiger partial charge is 0.383 e. The zero-order chi connectivity index (χ0) is 13.3. The Balaban J connectivity index is 2.23. The molecule has 1 aliphatic heterocycles. The number of nitrogen functional groups attached to an aromatic ring is 1. The molecular formula is C13H18BrN3O. The fourth-order valence-electron chi connectivity index (χ4n) is 2.48. The van der Waals surface area contributed by atoms with Gasteiger partial charge in [-0.05, 0) is 47.7 Å². The molecule has 2 heterocycles. The Morgan fingerprint density at radius 3 is 2.94 bits per heavy atom. The Morgan fingerprint density at radius 1 is 1.56 bits per heavy atom. The van der Waals surface area contributed by atoms with E-state index in [1.165, 1.54) is 0 Å². The van der Waals surface area contributed by atoms with Crippen LogP contribution >= 0.6 is 15.9 Å². The third kappa shape index (κ3) is 2.66. The van der Waals surface area contributed by atoms with Crippen LogP contribution in [-0.4, -0.2) is 28.4 Å². The summed E-state index contributed by atoms with van der Waals surface area (Å²) < 4.78 is 0.776. The van der Waals surface area contributed by atoms with Gasteiger partial charge in [-0.15, -0.1) is 0 Å². The molecule has 0 bridgehead atoms. The van der Waals surface area contributed by atoms with Crippen LogP contribution in [0.25, 0.3) is 0 Å². The normalized spacial score (nSPS) is 24.1. The van der Waals surface area contributed by atoms with Gasteiger partial charge in [0.25, 0.3) is 5.91 Å². The Bertz CT molecular complexity index is 464. The minimum Gasteiger partial charge on any atom is -0.383 e. The second-order valence-electron chi connectivity index (χ2n) is 5.06. The molecule has 5 heteroatoms. The van der Waals surface area contributed by atoms with Crippen molar-refractivity contribution in [2.75, 3.05) is 12.3 Å². The highest BCUT2D eigenvalue weighted by atomic mass is 79.9. The summed E-state index contributed by atoms with van der Waals surface area (Å²) >= 11 is 3.32. The summed E-state index contributed by atoms with van der Waals surface area (Å²) in [6.07, 6.45) is 3.71. The lowest BCUT2D eigenvalue weighted by atomic mass is 9.93. The maximum absolute atomic E-state index is 12.5. The SMILES string of the molecule is CC1CCN(C(=O)c2cc(Br)cnc2N)C(C)C1. The van der Waals surface area contributed by atoms with Gasteiger partial charge in [-0.1, -0.05) is 6.92 Å². The highest BCUT2D eigenvalue weighted by molar-refractivity contribution is 9.10. The maximum Gasteiger partial charge on any atom is 0.257 e. The molecule has 1 amide bonds. The van der Waals surface area contributed by atoms with Gasteiger partial charge in [0.1, 0.15) is 5.82 Å². The second kappa shape index (κ2) is 5.26. The van der Waals surface area contributed by atoms with Crippen molar-refractivity contribution < 1.29 is 4.79 Å². The first kappa shape index (κ1) is 13.3. The van der Waals surface area contributed by atoms with E-state index in [1.54, 1.807) is 12.3 Å². The highest BCUT2D eigenvalue weighted by Crippen LogP contribution is 2.25. The zero-order valence-electron chi connectivity index (χ0n) is 10.7. The number of likely N-dealkylation sites (tertiary alicyclic amines) is 1. The lowest BCUT2D eigenvalue weighted by Gasteiger charge is -2.36. The fourth-order valence-corrected chi connectivity index (χ4v) is 2.82. The van der Waals surface area contributed by atoms with Gasteiger partial charge >= 0.3 is 0 Å². The molecule has 18 heavy (non-hydrogen) atoms. The predicted molar refractivity (Wildman–Crippen MR) is 75.2 cm³/mol. The minimum atomic E-state index is -0.0132. The van der Waals surface area contributed by atoms with Crippen molar-refractivity contribution in [3.63, 3.8) is 0 Å². The first-order valence-corrected chi connectivity index (χ1v) is 7.00. The standard InChI is InChI=1S/C13H18BrN3O/c1-8-3-4-17(9(2)5-8)13(18)11-6-10(14)7-16-12(11)15/h6-9H,3-5H2,1-2H3,(H2,15,16). The van der Waals surface area contributed by atoms with Crippen molar-refractivity contribution >= 4 is 27.7 Å². The Labute approximate surface area is 116 Å². The van der Waals surface area contributed by atoms with Gasteiger partial charge in [-0.3, -0.25) is 4.79 Å². The molecule has 1 aliphatic rings. The number of pyridine rings is 1. The van der Waals surface area contributed by atoms with Gasteiger partial charge in [0.05, 0.1) is 5.56 Å². The molecule has 1 aromatic heterocycles. The summed E-state index contributed by atoms with van der Waals surface area (Å²) in [5.41, 5.74) is 6.28. The number of carbonyl (C=O) groups is 1. The van der Waals surface area contributed by atoms with E-state index in [1.807, 2.05) is 4.90 Å². The van der Waals surface area contributed by atoms with Crippen molar-refractivity contribution in [3.8, 4) is 0 Å². The molecule has 1 saturated heterocycles. The number of amides is 1. The number of hydrogen-bond acceptors (Lipinski definition) is 3. The summed E-state index contributed by atoms with van der Waals surface area (Å²) in [7, 11) is 0. The van der Waals surface area contributed by atoms with E-state index in [0.717, 1.165) is 23.9 Å². The summed E-state index contributed by atoms with van der Waals surface area (Å²) in [6.45, 7) is 5.12. The van der Waals surface area contributed by atoms with E-state index in [0.29, 0.717) is 17.3 Å². The highest BCUT2D eigenvalue weighted by Gasteiger charge is 2.28. The molecule has 0 saturated carbocycles. The molecule has 2 N–H and O–H groups in total. The molecule has 1 aromatic rings. The molecule has 1 fully saturated rings. The first-order valence-electron chi connectivity index (χ1n) is 6.21. The topological polar surface area (TPSA) is 59.2 Å². The number of nitrogens with two attached hydrogens (primary N) is 1. The third-order valence-electron chi connectivity index (χ3n) is 3.51. The number of halogens is 1. The van der Waals surface area contributed by atoms with Gasteiger partial charge in [0, 0.05) is 23.3 Å². The van der Waals surface area contributed by atoms with Crippen LogP contribution in [-0.2, 0) is 0 Å². The van der Waals surface area contributed by atoms with E-state index in [-0.39, 0.29) is 11.9 Å². The first-order chi connectivity index (χ1) is 8.49. The van der Waals surface area contributed by atoms with Crippen molar-refractivity contribution in [2.45, 2.75) is 32.7 Å². The zero-order valence-corrected chi connectivity index (χ0v) is 12.3. The van der Waals surface area contributed by atoms with Crippen LogP contribution in [0.2, 0.25) is 0 Å². The van der Waals surface area contributed by atoms with E-state index < -0.39 is 0 Å². The van der Waals surface area contributed by atoms with E-state index >= 15 is 0 Å². The van der Waals surface area contributed by atoms with Crippen molar-refractivity contribution in [3.05, 3.63) is 22.3 Å². The van der Waals surface area contributed by atoms with Gasteiger partial charge in [-0.2, -0.15) is 0 Å².